The van der Waals surface area contributed by atoms with Gasteiger partial charge in [0.2, 0.25) is 5.91 Å². The van der Waals surface area contributed by atoms with Crippen LogP contribution in [0.5, 0.6) is 0 Å². The zero-order valence-electron chi connectivity index (χ0n) is 18.3. The molecule has 3 rings (SSSR count). The third-order valence-electron chi connectivity index (χ3n) is 5.14. The van der Waals surface area contributed by atoms with Crippen molar-refractivity contribution >= 4 is 34.1 Å². The number of carbonyl (C=O) groups is 1. The number of ether oxygens (including phenoxy) is 1. The average molecular weight is 445 g/mol. The number of rotatable bonds is 8. The van der Waals surface area contributed by atoms with Gasteiger partial charge in [0.15, 0.2) is 10.3 Å². The van der Waals surface area contributed by atoms with E-state index in [1.807, 2.05) is 19.2 Å². The Morgan fingerprint density at radius 3 is 2.60 bits per heavy atom. The van der Waals surface area contributed by atoms with E-state index < -0.39 is 0 Å². The van der Waals surface area contributed by atoms with E-state index in [1.54, 1.807) is 7.11 Å². The highest BCUT2D eigenvalue weighted by atomic mass is 32.2. The molecule has 0 bridgehead atoms. The molecule has 1 amide bonds. The molecule has 30 heavy (non-hydrogen) atoms. The van der Waals surface area contributed by atoms with Gasteiger partial charge in [-0.15, -0.1) is 11.3 Å². The number of hydrogen-bond donors (Lipinski definition) is 1. The van der Waals surface area contributed by atoms with Crippen molar-refractivity contribution in [2.45, 2.75) is 46.3 Å². The predicted octanol–water partition coefficient (Wildman–Crippen LogP) is 4.93. The minimum Gasteiger partial charge on any atom is -0.383 e. The molecule has 0 aliphatic heterocycles. The summed E-state index contributed by atoms with van der Waals surface area (Å²) in [6, 6.07) is 4.33. The lowest BCUT2D eigenvalue weighted by molar-refractivity contribution is -0.113. The minimum absolute atomic E-state index is 0.0886. The van der Waals surface area contributed by atoms with Gasteiger partial charge in [-0.05, 0) is 57.4 Å². The number of anilines is 1. The number of methoxy groups -OCH3 is 1. The van der Waals surface area contributed by atoms with Crippen LogP contribution < -0.4 is 5.32 Å². The molecule has 1 aromatic carbocycles. The fraction of sp³-hybridized carbons (Fsp3) is 0.409. The van der Waals surface area contributed by atoms with Crippen molar-refractivity contribution in [2.75, 3.05) is 24.8 Å². The number of carbonyl (C=O) groups excluding carboxylic acids is 1. The zero-order chi connectivity index (χ0) is 21.8. The second-order valence-electron chi connectivity index (χ2n) is 7.34. The highest BCUT2D eigenvalue weighted by Crippen LogP contribution is 2.29. The number of benzene rings is 1. The number of aryl methyl sites for hydroxylation is 4. The van der Waals surface area contributed by atoms with Crippen LogP contribution in [0.3, 0.4) is 0 Å². The van der Waals surface area contributed by atoms with Crippen molar-refractivity contribution in [1.82, 2.24) is 14.5 Å². The van der Waals surface area contributed by atoms with E-state index >= 15 is 0 Å². The van der Waals surface area contributed by atoms with Gasteiger partial charge in [-0.25, -0.2) is 9.97 Å². The Balaban J connectivity index is 1.64. The number of thioether (sulfide) groups is 1. The lowest BCUT2D eigenvalue weighted by Gasteiger charge is -2.09. The van der Waals surface area contributed by atoms with Gasteiger partial charge in [-0.2, -0.15) is 0 Å². The first-order chi connectivity index (χ1) is 14.3. The van der Waals surface area contributed by atoms with Crippen molar-refractivity contribution in [3.8, 4) is 11.3 Å². The largest absolute Gasteiger partial charge is 0.383 e. The Bertz CT molecular complexity index is 1060. The molecule has 0 atom stereocenters. The predicted molar refractivity (Wildman–Crippen MR) is 125 cm³/mol. The number of amides is 1. The molecule has 8 heteroatoms. The van der Waals surface area contributed by atoms with Gasteiger partial charge in [0.1, 0.15) is 0 Å². The quantitative estimate of drug-likeness (QED) is 0.499. The Kier molecular flexibility index (Phi) is 7.33. The van der Waals surface area contributed by atoms with Gasteiger partial charge in [0.25, 0.3) is 0 Å². The minimum atomic E-state index is -0.0886. The summed E-state index contributed by atoms with van der Waals surface area (Å²) in [6.07, 6.45) is 0. The van der Waals surface area contributed by atoms with Crippen LogP contribution in [-0.4, -0.2) is 39.9 Å². The van der Waals surface area contributed by atoms with Crippen LogP contribution in [0.25, 0.3) is 11.3 Å². The number of nitrogens with zero attached hydrogens (tertiary/aromatic N) is 3. The van der Waals surface area contributed by atoms with Gasteiger partial charge in [0.05, 0.1) is 23.7 Å². The van der Waals surface area contributed by atoms with E-state index in [-0.39, 0.29) is 11.7 Å². The van der Waals surface area contributed by atoms with E-state index in [0.29, 0.717) is 11.7 Å². The van der Waals surface area contributed by atoms with Gasteiger partial charge in [0, 0.05) is 30.3 Å². The standard InChI is InChI=1S/C22H28N4O2S2/c1-13-9-15(3)18(10-14(13)2)19-11-29-21(24-19)25-20(27)12-30-22-23-16(4)17(5)26(22)7-8-28-6/h9-11H,7-8,12H2,1-6H3,(H,24,25,27). The summed E-state index contributed by atoms with van der Waals surface area (Å²) in [4.78, 5) is 21.7. The Morgan fingerprint density at radius 2 is 1.87 bits per heavy atom. The zero-order valence-corrected chi connectivity index (χ0v) is 20.0. The van der Waals surface area contributed by atoms with Crippen LogP contribution in [0.15, 0.2) is 22.7 Å². The van der Waals surface area contributed by atoms with Crippen molar-refractivity contribution in [2.24, 2.45) is 0 Å². The molecule has 6 nitrogen and oxygen atoms in total. The number of nitrogens with one attached hydrogen (secondary N) is 1. The third-order valence-corrected chi connectivity index (χ3v) is 6.88. The SMILES string of the molecule is COCCn1c(SCC(=O)Nc2nc(-c3cc(C)c(C)cc3C)cs2)nc(C)c1C. The molecular formula is C22H28N4O2S2. The molecule has 0 aliphatic carbocycles. The van der Waals surface area contributed by atoms with Gasteiger partial charge < -0.3 is 14.6 Å². The first-order valence-corrected chi connectivity index (χ1v) is 11.7. The second-order valence-corrected chi connectivity index (χ2v) is 9.14. The first kappa shape index (κ1) is 22.5. The van der Waals surface area contributed by atoms with E-state index in [2.05, 4.69) is 52.8 Å². The van der Waals surface area contributed by atoms with Crippen LogP contribution in [0.4, 0.5) is 5.13 Å². The number of aromatic nitrogens is 3. The maximum absolute atomic E-state index is 12.5. The molecule has 2 heterocycles. The summed E-state index contributed by atoms with van der Waals surface area (Å²) in [5.74, 6) is 0.190. The summed E-state index contributed by atoms with van der Waals surface area (Å²) in [5.41, 5.74) is 7.77. The second kappa shape index (κ2) is 9.76. The van der Waals surface area contributed by atoms with Crippen LogP contribution in [0.1, 0.15) is 28.1 Å². The highest BCUT2D eigenvalue weighted by molar-refractivity contribution is 7.99. The molecule has 160 valence electrons. The molecule has 0 radical (unpaired) electrons. The average Bonchev–Trinajstić information content (AvgIpc) is 3.26. The van der Waals surface area contributed by atoms with Crippen LogP contribution in [0, 0.1) is 34.6 Å². The molecule has 0 unspecified atom stereocenters. The van der Waals surface area contributed by atoms with Crippen molar-refractivity contribution in [3.05, 3.63) is 45.6 Å². The molecule has 2 aromatic heterocycles. The van der Waals surface area contributed by atoms with Crippen molar-refractivity contribution < 1.29 is 9.53 Å². The fourth-order valence-electron chi connectivity index (χ4n) is 3.16. The van der Waals surface area contributed by atoms with Gasteiger partial charge in [-0.3, -0.25) is 4.79 Å². The van der Waals surface area contributed by atoms with Crippen molar-refractivity contribution in [1.29, 1.82) is 0 Å². The Labute approximate surface area is 186 Å². The normalized spacial score (nSPS) is 11.1. The summed E-state index contributed by atoms with van der Waals surface area (Å²) >= 11 is 2.87. The van der Waals surface area contributed by atoms with Crippen LogP contribution in [0.2, 0.25) is 0 Å². The van der Waals surface area contributed by atoms with Gasteiger partial charge in [-0.1, -0.05) is 17.8 Å². The van der Waals surface area contributed by atoms with E-state index in [4.69, 9.17) is 4.74 Å². The lowest BCUT2D eigenvalue weighted by atomic mass is 9.99. The maximum Gasteiger partial charge on any atom is 0.236 e. The van der Waals surface area contributed by atoms with Crippen LogP contribution in [-0.2, 0) is 16.1 Å². The van der Waals surface area contributed by atoms with Crippen molar-refractivity contribution in [3.63, 3.8) is 0 Å². The highest BCUT2D eigenvalue weighted by Gasteiger charge is 2.15. The molecule has 0 fully saturated rings. The van der Waals surface area contributed by atoms with Crippen LogP contribution >= 0.6 is 23.1 Å². The first-order valence-electron chi connectivity index (χ1n) is 9.79. The van der Waals surface area contributed by atoms with E-state index in [0.717, 1.165) is 34.3 Å². The number of hydrogen-bond acceptors (Lipinski definition) is 6. The maximum atomic E-state index is 12.5. The molecule has 0 aliphatic rings. The summed E-state index contributed by atoms with van der Waals surface area (Å²) in [7, 11) is 1.68. The monoisotopic (exact) mass is 444 g/mol. The number of thiazole rings is 1. The molecule has 0 spiro atoms. The lowest BCUT2D eigenvalue weighted by Crippen LogP contribution is -2.15. The summed E-state index contributed by atoms with van der Waals surface area (Å²) in [5, 5.41) is 6.36. The Hall–Kier alpha value is -2.16. The molecule has 0 saturated heterocycles. The number of imidazole rings is 1. The molecular weight excluding hydrogens is 416 g/mol. The summed E-state index contributed by atoms with van der Waals surface area (Å²) in [6.45, 7) is 11.6. The Morgan fingerprint density at radius 1 is 1.13 bits per heavy atom. The molecule has 1 N–H and O–H groups in total. The molecule has 0 saturated carbocycles. The topological polar surface area (TPSA) is 69.0 Å². The van der Waals surface area contributed by atoms with E-state index in [1.165, 1.54) is 39.8 Å². The van der Waals surface area contributed by atoms with Gasteiger partial charge >= 0.3 is 0 Å². The smallest absolute Gasteiger partial charge is 0.236 e. The molecule has 3 aromatic rings. The van der Waals surface area contributed by atoms with E-state index in [9.17, 15) is 4.79 Å². The fourth-order valence-corrected chi connectivity index (χ4v) is 4.80. The third kappa shape index (κ3) is 5.11. The summed E-state index contributed by atoms with van der Waals surface area (Å²) < 4.78 is 7.28.